The van der Waals surface area contributed by atoms with Gasteiger partial charge in [-0.3, -0.25) is 4.79 Å². The molecule has 0 saturated carbocycles. The van der Waals surface area contributed by atoms with E-state index in [9.17, 15) is 9.59 Å². The smallest absolute Gasteiger partial charge is 0.332 e. The van der Waals surface area contributed by atoms with Gasteiger partial charge in [-0.15, -0.1) is 0 Å². The van der Waals surface area contributed by atoms with Crippen molar-refractivity contribution in [2.75, 3.05) is 0 Å². The Hall–Kier alpha value is -1.88. The summed E-state index contributed by atoms with van der Waals surface area (Å²) in [6.45, 7) is 1.58. The fourth-order valence-corrected chi connectivity index (χ4v) is 1.11. The van der Waals surface area contributed by atoms with Gasteiger partial charge in [-0.25, -0.2) is 4.79 Å². The van der Waals surface area contributed by atoms with Gasteiger partial charge in [-0.1, -0.05) is 12.1 Å². The first kappa shape index (κ1) is 12.2. The fraction of sp³-hybridized carbons (Fsp3) is 0.273. The molecule has 5 heteroatoms. The zero-order valence-electron chi connectivity index (χ0n) is 8.84. The molecule has 1 rings (SSSR count). The first-order chi connectivity index (χ1) is 7.50. The van der Waals surface area contributed by atoms with E-state index in [1.54, 1.807) is 24.3 Å². The Morgan fingerprint density at radius 1 is 1.50 bits per heavy atom. The average Bonchev–Trinajstić information content (AvgIpc) is 2.26. The van der Waals surface area contributed by atoms with Crippen molar-refractivity contribution >= 4 is 11.9 Å². The average molecular weight is 223 g/mol. The molecular weight excluding hydrogens is 210 g/mol. The predicted molar refractivity (Wildman–Crippen MR) is 56.8 cm³/mol. The number of carboxylic acids is 1. The number of rotatable bonds is 5. The van der Waals surface area contributed by atoms with Crippen LogP contribution in [0.15, 0.2) is 24.3 Å². The van der Waals surface area contributed by atoms with Crippen LogP contribution in [0.2, 0.25) is 0 Å². The van der Waals surface area contributed by atoms with Gasteiger partial charge in [0.05, 0.1) is 6.61 Å². The number of benzene rings is 1. The van der Waals surface area contributed by atoms with E-state index < -0.39 is 18.0 Å². The van der Waals surface area contributed by atoms with Gasteiger partial charge >= 0.3 is 5.97 Å². The molecule has 1 aromatic rings. The van der Waals surface area contributed by atoms with Gasteiger partial charge in [0, 0.05) is 5.56 Å². The van der Waals surface area contributed by atoms with E-state index in [1.807, 2.05) is 0 Å². The van der Waals surface area contributed by atoms with Crippen LogP contribution in [0.3, 0.4) is 0 Å². The maximum absolute atomic E-state index is 10.9. The van der Waals surface area contributed by atoms with Gasteiger partial charge in [0.25, 0.3) is 0 Å². The Morgan fingerprint density at radius 3 is 2.75 bits per heavy atom. The maximum Gasteiger partial charge on any atom is 0.332 e. The van der Waals surface area contributed by atoms with Crippen molar-refractivity contribution in [1.82, 2.24) is 0 Å². The summed E-state index contributed by atoms with van der Waals surface area (Å²) in [6.07, 6.45) is -0.878. The van der Waals surface area contributed by atoms with Crippen molar-refractivity contribution < 1.29 is 19.4 Å². The quantitative estimate of drug-likeness (QED) is 0.771. The van der Waals surface area contributed by atoms with Crippen LogP contribution in [0, 0.1) is 0 Å². The Bertz CT molecular complexity index is 403. The number of hydrogen-bond donors (Lipinski definition) is 2. The number of carboxylic acid groups (broad SMARTS) is 1. The van der Waals surface area contributed by atoms with Crippen molar-refractivity contribution in [2.24, 2.45) is 5.73 Å². The molecule has 1 atom stereocenters. The molecule has 1 amide bonds. The zero-order valence-corrected chi connectivity index (χ0v) is 8.84. The van der Waals surface area contributed by atoms with Crippen LogP contribution in [0.4, 0.5) is 0 Å². The van der Waals surface area contributed by atoms with Crippen LogP contribution in [-0.2, 0) is 16.1 Å². The van der Waals surface area contributed by atoms with Crippen molar-refractivity contribution in [3.63, 3.8) is 0 Å². The number of ether oxygens (including phenoxy) is 1. The number of hydrogen-bond acceptors (Lipinski definition) is 3. The molecule has 0 radical (unpaired) electrons. The Labute approximate surface area is 92.8 Å². The third-order valence-electron chi connectivity index (χ3n) is 2.06. The van der Waals surface area contributed by atoms with Crippen molar-refractivity contribution in [1.29, 1.82) is 0 Å². The summed E-state index contributed by atoms with van der Waals surface area (Å²) in [5, 5.41) is 8.60. The molecule has 3 N–H and O–H groups in total. The minimum absolute atomic E-state index is 0.134. The second-order valence-electron chi connectivity index (χ2n) is 3.36. The van der Waals surface area contributed by atoms with E-state index >= 15 is 0 Å². The van der Waals surface area contributed by atoms with E-state index in [2.05, 4.69) is 0 Å². The molecular formula is C11H13NO4. The number of aliphatic carboxylic acids is 1. The summed E-state index contributed by atoms with van der Waals surface area (Å²) in [4.78, 5) is 21.4. The highest BCUT2D eigenvalue weighted by atomic mass is 16.5. The summed E-state index contributed by atoms with van der Waals surface area (Å²) in [5.74, 6) is -1.54. The number of amides is 1. The van der Waals surface area contributed by atoms with E-state index in [0.717, 1.165) is 0 Å². The Morgan fingerprint density at radius 2 is 2.19 bits per heavy atom. The lowest BCUT2D eigenvalue weighted by Crippen LogP contribution is -2.19. The van der Waals surface area contributed by atoms with Crippen LogP contribution in [0.5, 0.6) is 0 Å². The van der Waals surface area contributed by atoms with Gasteiger partial charge < -0.3 is 15.6 Å². The lowest BCUT2D eigenvalue weighted by molar-refractivity contribution is -0.149. The van der Waals surface area contributed by atoms with E-state index in [-0.39, 0.29) is 6.61 Å². The van der Waals surface area contributed by atoms with Crippen LogP contribution in [0.25, 0.3) is 0 Å². The van der Waals surface area contributed by atoms with Crippen molar-refractivity contribution in [3.05, 3.63) is 35.4 Å². The van der Waals surface area contributed by atoms with Gasteiger partial charge in [-0.2, -0.15) is 0 Å². The van der Waals surface area contributed by atoms with Crippen LogP contribution >= 0.6 is 0 Å². The molecule has 0 bridgehead atoms. The fourth-order valence-electron chi connectivity index (χ4n) is 1.11. The lowest BCUT2D eigenvalue weighted by Gasteiger charge is -2.08. The summed E-state index contributed by atoms with van der Waals surface area (Å²) in [5.41, 5.74) is 6.20. The molecule has 86 valence electrons. The second-order valence-corrected chi connectivity index (χ2v) is 3.36. The first-order valence-corrected chi connectivity index (χ1v) is 4.74. The van der Waals surface area contributed by atoms with Crippen LogP contribution in [-0.4, -0.2) is 23.1 Å². The third kappa shape index (κ3) is 3.36. The topological polar surface area (TPSA) is 89.6 Å². The summed E-state index contributed by atoms with van der Waals surface area (Å²) < 4.78 is 5.07. The molecule has 0 aliphatic heterocycles. The molecule has 0 fully saturated rings. The summed E-state index contributed by atoms with van der Waals surface area (Å²) in [6, 6.07) is 6.58. The van der Waals surface area contributed by atoms with Gasteiger partial charge in [-0.05, 0) is 24.6 Å². The maximum atomic E-state index is 10.9. The largest absolute Gasteiger partial charge is 0.479 e. The molecule has 0 spiro atoms. The Balaban J connectivity index is 2.64. The standard InChI is InChI=1S/C11H13NO4/c1-7(11(14)15)16-6-8-3-2-4-9(5-8)10(12)13/h2-5,7H,6H2,1H3,(H2,12,13)(H,14,15)/t7-/m0/s1. The summed E-state index contributed by atoms with van der Waals surface area (Å²) in [7, 11) is 0. The minimum atomic E-state index is -1.02. The van der Waals surface area contributed by atoms with E-state index in [0.29, 0.717) is 11.1 Å². The zero-order chi connectivity index (χ0) is 12.1. The molecule has 0 heterocycles. The van der Waals surface area contributed by atoms with E-state index in [1.165, 1.54) is 6.92 Å². The molecule has 16 heavy (non-hydrogen) atoms. The molecule has 0 unspecified atom stereocenters. The highest BCUT2D eigenvalue weighted by Crippen LogP contribution is 2.07. The molecule has 1 aromatic carbocycles. The number of carbonyl (C=O) groups is 2. The van der Waals surface area contributed by atoms with Crippen LogP contribution in [0.1, 0.15) is 22.8 Å². The molecule has 0 aliphatic rings. The van der Waals surface area contributed by atoms with E-state index in [4.69, 9.17) is 15.6 Å². The minimum Gasteiger partial charge on any atom is -0.479 e. The highest BCUT2D eigenvalue weighted by Gasteiger charge is 2.11. The Kier molecular flexibility index (Phi) is 4.02. The number of primary amides is 1. The van der Waals surface area contributed by atoms with Gasteiger partial charge in [0.1, 0.15) is 0 Å². The monoisotopic (exact) mass is 223 g/mol. The normalized spacial score (nSPS) is 12.1. The molecule has 0 aliphatic carbocycles. The van der Waals surface area contributed by atoms with Crippen LogP contribution < -0.4 is 5.73 Å². The number of carbonyl (C=O) groups excluding carboxylic acids is 1. The second kappa shape index (κ2) is 5.27. The highest BCUT2D eigenvalue weighted by molar-refractivity contribution is 5.92. The number of nitrogens with two attached hydrogens (primary N) is 1. The van der Waals surface area contributed by atoms with Crippen molar-refractivity contribution in [3.8, 4) is 0 Å². The third-order valence-corrected chi connectivity index (χ3v) is 2.06. The van der Waals surface area contributed by atoms with Gasteiger partial charge in [0.15, 0.2) is 6.10 Å². The predicted octanol–water partition coefficient (Wildman–Crippen LogP) is 0.775. The molecule has 0 saturated heterocycles. The van der Waals surface area contributed by atoms with Gasteiger partial charge in [0.2, 0.25) is 5.91 Å². The molecule has 0 aromatic heterocycles. The lowest BCUT2D eigenvalue weighted by atomic mass is 10.1. The van der Waals surface area contributed by atoms with Crippen molar-refractivity contribution in [2.45, 2.75) is 19.6 Å². The SMILES string of the molecule is C[C@H](OCc1cccc(C(N)=O)c1)C(=O)O. The first-order valence-electron chi connectivity index (χ1n) is 4.74. The summed E-state index contributed by atoms with van der Waals surface area (Å²) >= 11 is 0. The molecule has 5 nitrogen and oxygen atoms in total.